The quantitative estimate of drug-likeness (QED) is 0.00987. The number of nitrogens with one attached hydrogen (secondary N) is 2. The van der Waals surface area contributed by atoms with Gasteiger partial charge in [0.25, 0.3) is 5.70 Å². The normalized spacial score (nSPS) is 24.7. The van der Waals surface area contributed by atoms with Crippen molar-refractivity contribution >= 4 is 96.8 Å². The van der Waals surface area contributed by atoms with Crippen molar-refractivity contribution < 1.29 is 109 Å². The molecule has 145 heavy (non-hydrogen) atoms. The zero-order valence-corrected chi connectivity index (χ0v) is 85.1. The number of halogens is 2. The fourth-order valence-electron chi connectivity index (χ4n) is 19.8. The molecule has 3 aromatic carbocycles. The van der Waals surface area contributed by atoms with Gasteiger partial charge in [-0.25, -0.2) is 39.5 Å². The Hall–Kier alpha value is -12.1. The number of anilines is 5. The number of aryl methyl sites for hydroxylation is 3. The van der Waals surface area contributed by atoms with Crippen LogP contribution in [0, 0.1) is 63.7 Å². The number of carboxylic acids is 2. The monoisotopic (exact) mass is 2040 g/mol. The summed E-state index contributed by atoms with van der Waals surface area (Å²) < 4.78 is 42.1. The van der Waals surface area contributed by atoms with E-state index < -0.39 is 21.8 Å². The van der Waals surface area contributed by atoms with Crippen LogP contribution in [-0.2, 0) is 33.2 Å². The van der Waals surface area contributed by atoms with Gasteiger partial charge in [0.05, 0.1) is 209 Å². The van der Waals surface area contributed by atoms with Crippen molar-refractivity contribution in [1.29, 1.82) is 10.5 Å². The van der Waals surface area contributed by atoms with Gasteiger partial charge < -0.3 is 72.4 Å². The molecule has 20 heterocycles. The maximum Gasteiger partial charge on any atom is 1.00 e. The number of nitriles is 2. The van der Waals surface area contributed by atoms with E-state index in [0.717, 1.165) is 185 Å². The first kappa shape index (κ1) is 113. The van der Waals surface area contributed by atoms with E-state index in [0.29, 0.717) is 127 Å². The zero-order valence-electron chi connectivity index (χ0n) is 82.6. The molecular weight excluding hydrogens is 1920 g/mol. The summed E-state index contributed by atoms with van der Waals surface area (Å²) in [5.74, 6) is -0.555. The van der Waals surface area contributed by atoms with E-state index in [-0.39, 0.29) is 129 Å². The van der Waals surface area contributed by atoms with E-state index in [4.69, 9.17) is 76.6 Å². The first-order valence-electron chi connectivity index (χ1n) is 48.1. The largest absolute Gasteiger partial charge is 1.00 e. The molecule has 13 aliphatic rings. The van der Waals surface area contributed by atoms with Crippen molar-refractivity contribution in [1.82, 2.24) is 69.0 Å². The third kappa shape index (κ3) is 32.2. The predicted molar refractivity (Wildman–Crippen MR) is 537 cm³/mol. The van der Waals surface area contributed by atoms with Gasteiger partial charge in [-0.15, -0.1) is 12.4 Å². The van der Waals surface area contributed by atoms with Crippen LogP contribution < -0.4 is 51.7 Å². The van der Waals surface area contributed by atoms with Gasteiger partial charge >= 0.3 is 47.2 Å². The van der Waals surface area contributed by atoms with Crippen molar-refractivity contribution in [2.24, 2.45) is 10.7 Å². The van der Waals surface area contributed by atoms with E-state index in [1.165, 1.54) is 62.5 Å². The van der Waals surface area contributed by atoms with Crippen LogP contribution in [0.25, 0.3) is 33.8 Å². The van der Waals surface area contributed by atoms with Crippen molar-refractivity contribution in [3.8, 4) is 45.9 Å². The van der Waals surface area contributed by atoms with Crippen molar-refractivity contribution in [3.05, 3.63) is 212 Å². The molecule has 12 unspecified atom stereocenters. The van der Waals surface area contributed by atoms with E-state index >= 15 is 0 Å². The summed E-state index contributed by atoms with van der Waals surface area (Å²) in [6, 6.07) is 25.7. The van der Waals surface area contributed by atoms with Crippen LogP contribution in [-0.4, -0.2) is 237 Å². The minimum absolute atomic E-state index is 0. The number of benzene rings is 3. The fraction of sp³-hybridized carbons (Fsp3) is 0.490. The summed E-state index contributed by atoms with van der Waals surface area (Å²) in [6.07, 6.45) is 51.8. The summed E-state index contributed by atoms with van der Waals surface area (Å²) in [5, 5.41) is 94.8. The van der Waals surface area contributed by atoms with Gasteiger partial charge in [-0.2, -0.15) is 30.9 Å². The number of rotatable bonds is 18. The molecule has 23 rings (SSSR count). The number of aromatic carboxylic acids is 2. The molecule has 41 nitrogen and oxygen atoms in total. The second-order valence-electron chi connectivity index (χ2n) is 37.0. The molecule has 12 atom stereocenters. The number of aliphatic hydroxyl groups is 2. The molecule has 12 fully saturated rings. The Morgan fingerprint density at radius 2 is 0.834 bits per heavy atom. The molecule has 13 aliphatic heterocycles. The maximum atomic E-state index is 12.1. The number of aliphatic imine (C=N–C) groups is 1. The van der Waals surface area contributed by atoms with Gasteiger partial charge in [0.2, 0.25) is 17.2 Å². The standard InChI is InChI=1S/C25H26N6O2.C22H23N5O3.C12H9ClN2O2.C10H13N3O3.C10H15N3O.C7H12O2.C7H10O2.C4H4N2O2.C2H4N2.CH4O.B.ClH.Na.H/c1-16-13-27-25(30-24(16)18-6-4-17(5-7-18)23(32)3-2-10-26)29-19-14-28-31(15-19)20-11-21-8-9-22(12-20)33-21;1-13-10-23-22(26-20(13)14-2-4-15(5-3-14)21(28)29)25-16-11-24-27(12-16)17-8-18-6-7-19(9-17)30-18;1-7-6-14-12(13)15-10(7)8-2-4-9(5-3-8)11(16)17;14-13(15)8-5-11-12(6-8)7-3-9-1-2-10(4-7)16-9;11-7-5-12-13(6-7)8-3-9-1-2-10(4-8)14-9;2*8-5-3-6-1-2-7(4-5)9-6;7-6(8)4-1-2-5-3-4;3-1-2-4;1-2;;;;/h4-7,13-15,20-22H,2-3,8-9,11-12H2,1H3,(H,27,29,30);2-5,10-12,17-19H,6-9H2,1H3,(H,28,29)(H,23,25,26);2-6H,1H3,(H,16,17);5-7,9-10H,1-4H2;5-6,8-10H,1-4,11H2;5-8H,1-4H2;6-7H,1-4H2;1,3H,2H2;1,3H2;2H,1H3;;1H;;/q;;;;;;;;;;;;+1;-1. The zero-order chi connectivity index (χ0) is 100. The van der Waals surface area contributed by atoms with Crippen LogP contribution in [0.4, 0.5) is 34.6 Å². The summed E-state index contributed by atoms with van der Waals surface area (Å²) >= 11 is 5.73. The van der Waals surface area contributed by atoms with Crippen molar-refractivity contribution in [2.75, 3.05) is 36.6 Å². The molecule has 763 valence electrons. The van der Waals surface area contributed by atoms with Crippen LogP contribution in [0.1, 0.15) is 240 Å². The van der Waals surface area contributed by atoms with E-state index in [9.17, 15) is 44.5 Å². The van der Waals surface area contributed by atoms with E-state index in [1.54, 1.807) is 90.3 Å². The van der Waals surface area contributed by atoms with Gasteiger partial charge in [0.1, 0.15) is 18.2 Å². The van der Waals surface area contributed by atoms with Crippen LogP contribution >= 0.6 is 24.0 Å². The molecule has 0 amide bonds. The van der Waals surface area contributed by atoms with E-state index in [1.807, 2.05) is 77.8 Å². The summed E-state index contributed by atoms with van der Waals surface area (Å²) in [5.41, 5.74) is 21.6. The SMILES string of the molecule is CO.Cc1cnc(Cl)nc1-c1ccc(C(=O)O)cc1.Cc1cnc(Nc2cnn(C3CC4CCC(C3)O4)c2)nc1-c1ccc(C(=O)CCC#N)cc1.Cc1cnc(Nc2cnn(C3CC4CCC(C3)O4)c2)nc1-c1ccc(C(=O)O)cc1.Cl.N#CCN.Nc1cnn(C2CC3CCC(C2)O3)c1.O=C1CC2CCC(C1)O2.O=[N+]([O-])C1=CCN=C1.O=[N+]([O-])c1cnn(C2CC3CCC(C2)O3)c1.OC1CC2CCC(C1)O2.[B].[H-].[Na+]. The predicted octanol–water partition coefficient (Wildman–Crippen LogP) is 12.6. The summed E-state index contributed by atoms with van der Waals surface area (Å²) in [6.45, 7) is 6.34. The van der Waals surface area contributed by atoms with Gasteiger partial charge in [-0.3, -0.25) is 53.5 Å². The molecule has 10 N–H and O–H groups in total. The minimum Gasteiger partial charge on any atom is -1.00 e. The average Bonchev–Trinajstić information content (AvgIpc) is 1.78. The fourth-order valence-corrected chi connectivity index (χ4v) is 19.9. The van der Waals surface area contributed by atoms with Crippen molar-refractivity contribution in [3.63, 3.8) is 0 Å². The number of nitrogen functional groups attached to an aromatic ring is 1. The number of hydrogen-bond donors (Lipinski definition) is 8. The van der Waals surface area contributed by atoms with Crippen LogP contribution in [0.15, 0.2) is 158 Å². The smallest absolute Gasteiger partial charge is 1.00 e. The van der Waals surface area contributed by atoms with Gasteiger partial charge in [0, 0.05) is 107 Å². The first-order chi connectivity index (χ1) is 68.6. The van der Waals surface area contributed by atoms with Gasteiger partial charge in [-0.05, 0) is 215 Å². The number of nitrogens with zero attached hydrogens (tertiary/aromatic N) is 19. The molecule has 12 bridgehead atoms. The second kappa shape index (κ2) is 54.9. The number of carbonyl (C=O) groups excluding carboxylic acids is 2. The number of Topliss-reactive ketones (excluding diaryl/α,β-unsaturated/α-hetero) is 2. The number of nitrogens with two attached hydrogens (primary N) is 2. The Bertz CT molecular complexity index is 6060. The molecule has 3 radical (unpaired) electrons. The number of ether oxygens (including phenoxy) is 6. The number of carbonyl (C=O) groups is 4. The average molecular weight is 2040 g/mol. The molecular formula is C100H122BCl2N23NaO18. The number of carboxylic acid groups (broad SMARTS) is 2. The third-order valence-electron chi connectivity index (χ3n) is 26.6. The number of fused-ring (bicyclic) bond motifs is 12. The molecule has 12 saturated heterocycles. The molecule has 0 spiro atoms. The van der Waals surface area contributed by atoms with Crippen LogP contribution in [0.2, 0.25) is 5.28 Å². The van der Waals surface area contributed by atoms with Crippen LogP contribution in [0.3, 0.4) is 0 Å². The number of aliphatic hydroxyl groups excluding tert-OH is 2. The van der Waals surface area contributed by atoms with Crippen molar-refractivity contribution in [2.45, 2.75) is 291 Å². The van der Waals surface area contributed by atoms with Crippen LogP contribution in [0.5, 0.6) is 0 Å². The molecule has 45 heteroatoms. The number of hydrogen-bond acceptors (Lipinski definition) is 33. The second-order valence-corrected chi connectivity index (χ2v) is 37.3. The Morgan fingerprint density at radius 1 is 0.497 bits per heavy atom. The molecule has 10 aromatic rings. The number of nitro groups is 2. The number of allylic oxidation sites excluding steroid dienone is 1. The third-order valence-corrected chi connectivity index (χ3v) is 26.8. The Kier molecular flexibility index (Phi) is 42.9. The summed E-state index contributed by atoms with van der Waals surface area (Å²) in [4.78, 5) is 94.1. The van der Waals surface area contributed by atoms with E-state index in [2.05, 4.69) is 66.7 Å². The Morgan fingerprint density at radius 3 is 1.17 bits per heavy atom. The molecule has 0 saturated carbocycles. The number of ketones is 2. The summed E-state index contributed by atoms with van der Waals surface area (Å²) in [7, 11) is 1.00. The molecule has 0 aliphatic carbocycles. The Balaban J connectivity index is 0.000000176. The maximum absolute atomic E-state index is 12.1. The Labute approximate surface area is 875 Å². The van der Waals surface area contributed by atoms with Gasteiger partial charge in [0.15, 0.2) is 5.78 Å². The molecule has 7 aromatic heterocycles. The topological polar surface area (TPSA) is 576 Å². The minimum atomic E-state index is -0.950. The first-order valence-corrected chi connectivity index (χ1v) is 48.5. The number of aromatic nitrogens is 14. The van der Waals surface area contributed by atoms with Gasteiger partial charge in [-0.1, -0.05) is 48.5 Å².